The van der Waals surface area contributed by atoms with Crippen molar-refractivity contribution >= 4 is 11.3 Å². The normalized spacial score (nSPS) is 16.1. The molecular formula is C20H26N6S. The van der Waals surface area contributed by atoms with Gasteiger partial charge in [0.1, 0.15) is 11.5 Å². The number of imidazole rings is 1. The van der Waals surface area contributed by atoms with Crippen molar-refractivity contribution in [3.8, 4) is 11.5 Å². The smallest absolute Gasteiger partial charge is 0.158 e. The van der Waals surface area contributed by atoms with Crippen LogP contribution in [0, 0.1) is 19.8 Å². The average molecular weight is 383 g/mol. The summed E-state index contributed by atoms with van der Waals surface area (Å²) in [5, 5.41) is 0. The number of thiazole rings is 1. The fourth-order valence-electron chi connectivity index (χ4n) is 3.74. The van der Waals surface area contributed by atoms with Gasteiger partial charge in [-0.15, -0.1) is 11.3 Å². The summed E-state index contributed by atoms with van der Waals surface area (Å²) in [6.07, 6.45) is 7.12. The number of piperidine rings is 1. The van der Waals surface area contributed by atoms with Crippen LogP contribution >= 0.6 is 11.3 Å². The first-order valence-corrected chi connectivity index (χ1v) is 10.4. The lowest BCUT2D eigenvalue weighted by atomic mass is 9.93. The van der Waals surface area contributed by atoms with Crippen molar-refractivity contribution in [2.24, 2.45) is 13.0 Å². The second-order valence-electron chi connectivity index (χ2n) is 7.46. The minimum atomic E-state index is 0.653. The van der Waals surface area contributed by atoms with Crippen LogP contribution in [0.5, 0.6) is 0 Å². The van der Waals surface area contributed by atoms with Gasteiger partial charge in [-0.05, 0) is 51.8 Å². The number of aromatic nitrogens is 5. The SMILES string of the molecule is Cc1cc(-c2nccn2C)nc(CC2CCN(Cc3scnc3C)CC2)n1. The Hall–Kier alpha value is -2.12. The van der Waals surface area contributed by atoms with E-state index in [0.717, 1.165) is 49.1 Å². The molecule has 7 heteroatoms. The van der Waals surface area contributed by atoms with Gasteiger partial charge in [0.15, 0.2) is 5.82 Å². The van der Waals surface area contributed by atoms with Crippen molar-refractivity contribution in [1.82, 2.24) is 29.4 Å². The van der Waals surface area contributed by atoms with Crippen molar-refractivity contribution in [2.45, 2.75) is 39.7 Å². The zero-order valence-corrected chi connectivity index (χ0v) is 17.0. The fourth-order valence-corrected chi connectivity index (χ4v) is 4.55. The Balaban J connectivity index is 1.38. The molecule has 0 spiro atoms. The summed E-state index contributed by atoms with van der Waals surface area (Å²) in [7, 11) is 2.00. The van der Waals surface area contributed by atoms with E-state index in [4.69, 9.17) is 9.97 Å². The van der Waals surface area contributed by atoms with Crippen molar-refractivity contribution in [3.05, 3.63) is 46.1 Å². The third-order valence-electron chi connectivity index (χ3n) is 5.34. The van der Waals surface area contributed by atoms with Crippen LogP contribution in [0.2, 0.25) is 0 Å². The van der Waals surface area contributed by atoms with Gasteiger partial charge in [0.05, 0.1) is 11.2 Å². The molecule has 4 heterocycles. The van der Waals surface area contributed by atoms with Crippen LogP contribution in [0.25, 0.3) is 11.5 Å². The van der Waals surface area contributed by atoms with Gasteiger partial charge in [-0.1, -0.05) is 0 Å². The maximum atomic E-state index is 4.81. The number of nitrogens with zero attached hydrogens (tertiary/aromatic N) is 6. The third-order valence-corrected chi connectivity index (χ3v) is 6.26. The number of likely N-dealkylation sites (tertiary alicyclic amines) is 1. The molecular weight excluding hydrogens is 356 g/mol. The predicted molar refractivity (Wildman–Crippen MR) is 108 cm³/mol. The van der Waals surface area contributed by atoms with Crippen LogP contribution in [0.4, 0.5) is 0 Å². The van der Waals surface area contributed by atoms with Gasteiger partial charge in [0.2, 0.25) is 0 Å². The van der Waals surface area contributed by atoms with Crippen LogP contribution in [-0.4, -0.2) is 42.5 Å². The molecule has 0 radical (unpaired) electrons. The molecule has 142 valence electrons. The standard InChI is InChI=1S/C20H26N6S/c1-14-10-17(20-21-6-9-25(20)3)24-19(23-14)11-16-4-7-26(8-5-16)12-18-15(2)22-13-27-18/h6,9-10,13,16H,4-5,7-8,11-12H2,1-3H3. The summed E-state index contributed by atoms with van der Waals surface area (Å²) in [6.45, 7) is 7.46. The van der Waals surface area contributed by atoms with Gasteiger partial charge in [0, 0.05) is 43.0 Å². The number of hydrogen-bond donors (Lipinski definition) is 0. The minimum absolute atomic E-state index is 0.653. The van der Waals surface area contributed by atoms with E-state index in [-0.39, 0.29) is 0 Å². The highest BCUT2D eigenvalue weighted by Gasteiger charge is 2.22. The largest absolute Gasteiger partial charge is 0.333 e. The quantitative estimate of drug-likeness (QED) is 0.677. The second kappa shape index (κ2) is 7.86. The Labute approximate surface area is 164 Å². The van der Waals surface area contributed by atoms with Crippen molar-refractivity contribution in [3.63, 3.8) is 0 Å². The van der Waals surface area contributed by atoms with E-state index in [1.165, 1.54) is 23.4 Å². The van der Waals surface area contributed by atoms with E-state index in [1.807, 2.05) is 42.5 Å². The minimum Gasteiger partial charge on any atom is -0.333 e. The molecule has 0 atom stereocenters. The lowest BCUT2D eigenvalue weighted by molar-refractivity contribution is 0.177. The van der Waals surface area contributed by atoms with Crippen molar-refractivity contribution in [1.29, 1.82) is 0 Å². The van der Waals surface area contributed by atoms with Crippen LogP contribution in [-0.2, 0) is 20.0 Å². The van der Waals surface area contributed by atoms with E-state index >= 15 is 0 Å². The van der Waals surface area contributed by atoms with Crippen LogP contribution in [0.15, 0.2) is 24.0 Å². The fraction of sp³-hybridized carbons (Fsp3) is 0.500. The van der Waals surface area contributed by atoms with Crippen LogP contribution < -0.4 is 0 Å². The first-order chi connectivity index (χ1) is 13.1. The van der Waals surface area contributed by atoms with Gasteiger partial charge in [-0.25, -0.2) is 19.9 Å². The Morgan fingerprint density at radius 3 is 2.63 bits per heavy atom. The van der Waals surface area contributed by atoms with Gasteiger partial charge in [-0.3, -0.25) is 4.90 Å². The van der Waals surface area contributed by atoms with Gasteiger partial charge >= 0.3 is 0 Å². The molecule has 0 saturated carbocycles. The highest BCUT2D eigenvalue weighted by molar-refractivity contribution is 7.09. The van der Waals surface area contributed by atoms with E-state index in [1.54, 1.807) is 11.3 Å². The molecule has 6 nitrogen and oxygen atoms in total. The Kier molecular flexibility index (Phi) is 5.31. The zero-order valence-electron chi connectivity index (χ0n) is 16.2. The van der Waals surface area contributed by atoms with Crippen molar-refractivity contribution < 1.29 is 0 Å². The molecule has 0 aliphatic carbocycles. The Morgan fingerprint density at radius 2 is 1.96 bits per heavy atom. The van der Waals surface area contributed by atoms with Gasteiger partial charge < -0.3 is 4.57 Å². The first-order valence-electron chi connectivity index (χ1n) is 9.52. The number of hydrogen-bond acceptors (Lipinski definition) is 6. The molecule has 3 aromatic rings. The second-order valence-corrected chi connectivity index (χ2v) is 8.40. The molecule has 3 aromatic heterocycles. The molecule has 27 heavy (non-hydrogen) atoms. The molecule has 0 unspecified atom stereocenters. The summed E-state index contributed by atoms with van der Waals surface area (Å²) in [5.41, 5.74) is 5.06. The number of rotatable bonds is 5. The highest BCUT2D eigenvalue weighted by atomic mass is 32.1. The third kappa shape index (κ3) is 4.25. The maximum absolute atomic E-state index is 4.81. The lowest BCUT2D eigenvalue weighted by Crippen LogP contribution is -2.34. The Bertz CT molecular complexity index is 907. The van der Waals surface area contributed by atoms with Crippen molar-refractivity contribution in [2.75, 3.05) is 13.1 Å². The molecule has 1 aliphatic rings. The monoisotopic (exact) mass is 382 g/mol. The predicted octanol–water partition coefficient (Wildman–Crippen LogP) is 3.41. The topological polar surface area (TPSA) is 59.7 Å². The molecule has 1 aliphatic heterocycles. The summed E-state index contributed by atoms with van der Waals surface area (Å²) >= 11 is 1.77. The maximum Gasteiger partial charge on any atom is 0.158 e. The van der Waals surface area contributed by atoms with E-state index in [0.29, 0.717) is 5.92 Å². The summed E-state index contributed by atoms with van der Waals surface area (Å²) in [5.74, 6) is 2.50. The van der Waals surface area contributed by atoms with Gasteiger partial charge in [0.25, 0.3) is 0 Å². The average Bonchev–Trinajstić information content (AvgIpc) is 3.25. The van der Waals surface area contributed by atoms with Crippen LogP contribution in [0.3, 0.4) is 0 Å². The molecule has 4 rings (SSSR count). The summed E-state index contributed by atoms with van der Waals surface area (Å²) < 4.78 is 2.01. The molecule has 1 saturated heterocycles. The molecule has 0 N–H and O–H groups in total. The lowest BCUT2D eigenvalue weighted by Gasteiger charge is -2.31. The first kappa shape index (κ1) is 18.3. The number of aryl methyl sites for hydroxylation is 3. The molecule has 0 bridgehead atoms. The Morgan fingerprint density at radius 1 is 1.15 bits per heavy atom. The van der Waals surface area contributed by atoms with Gasteiger partial charge in [-0.2, -0.15) is 0 Å². The van der Waals surface area contributed by atoms with Crippen LogP contribution in [0.1, 0.15) is 34.9 Å². The summed E-state index contributed by atoms with van der Waals surface area (Å²) in [4.78, 5) is 22.2. The zero-order chi connectivity index (χ0) is 18.8. The van der Waals surface area contributed by atoms with E-state index in [2.05, 4.69) is 21.8 Å². The van der Waals surface area contributed by atoms with E-state index < -0.39 is 0 Å². The highest BCUT2D eigenvalue weighted by Crippen LogP contribution is 2.24. The van der Waals surface area contributed by atoms with E-state index in [9.17, 15) is 0 Å². The molecule has 1 fully saturated rings. The molecule has 0 amide bonds. The molecule has 0 aromatic carbocycles. The summed E-state index contributed by atoms with van der Waals surface area (Å²) in [6, 6.07) is 2.02.